The molecule has 2 heterocycles. The number of anilines is 1. The molecule has 208 valence electrons. The van der Waals surface area contributed by atoms with Gasteiger partial charge in [-0.25, -0.2) is 8.42 Å². The van der Waals surface area contributed by atoms with E-state index in [-0.39, 0.29) is 16.6 Å². The van der Waals surface area contributed by atoms with Gasteiger partial charge in [0.15, 0.2) is 0 Å². The van der Waals surface area contributed by atoms with Gasteiger partial charge in [0.25, 0.3) is 0 Å². The number of aromatic amines is 1. The van der Waals surface area contributed by atoms with Crippen molar-refractivity contribution in [2.24, 2.45) is 4.99 Å². The van der Waals surface area contributed by atoms with Crippen LogP contribution in [0.15, 0.2) is 59.6 Å². The van der Waals surface area contributed by atoms with Crippen LogP contribution in [0.25, 0.3) is 17.0 Å². The molecule has 2 aromatic carbocycles. The summed E-state index contributed by atoms with van der Waals surface area (Å²) in [4.78, 5) is 18.6. The molecule has 13 heteroatoms. The summed E-state index contributed by atoms with van der Waals surface area (Å²) in [5.74, 6) is -0.519. The van der Waals surface area contributed by atoms with Gasteiger partial charge in [0, 0.05) is 17.7 Å². The van der Waals surface area contributed by atoms with Crippen molar-refractivity contribution in [3.8, 4) is 0 Å². The van der Waals surface area contributed by atoms with Crippen molar-refractivity contribution in [2.45, 2.75) is 17.8 Å². The molecule has 1 aliphatic rings. The third-order valence-electron chi connectivity index (χ3n) is 6.02. The van der Waals surface area contributed by atoms with E-state index in [0.717, 1.165) is 38.7 Å². The molecule has 4 rings (SSSR count). The summed E-state index contributed by atoms with van der Waals surface area (Å²) in [6, 6.07) is 12.2. The Bertz CT molecular complexity index is 1520. The molecule has 0 radical (unpaired) electrons. The van der Waals surface area contributed by atoms with Crippen LogP contribution in [0.3, 0.4) is 0 Å². The van der Waals surface area contributed by atoms with E-state index in [9.17, 15) is 26.4 Å². The maximum absolute atomic E-state index is 13.2. The number of thioether (sulfide) groups is 2. The van der Waals surface area contributed by atoms with Crippen molar-refractivity contribution in [3.05, 3.63) is 71.4 Å². The molecular weight excluding hydrogens is 571 g/mol. The summed E-state index contributed by atoms with van der Waals surface area (Å²) in [7, 11) is -2.48. The Kier molecular flexibility index (Phi) is 9.02. The summed E-state index contributed by atoms with van der Waals surface area (Å²) >= 11 is 2.98. The van der Waals surface area contributed by atoms with Crippen molar-refractivity contribution in [1.82, 2.24) is 4.98 Å². The largest absolute Gasteiger partial charge is 0.481 e. The quantitative estimate of drug-likeness (QED) is 0.274. The van der Waals surface area contributed by atoms with Gasteiger partial charge in [-0.05, 0) is 35.9 Å². The second-order valence-corrected chi connectivity index (χ2v) is 13.2. The lowest BCUT2D eigenvalue weighted by molar-refractivity contribution is -0.137. The average molecular weight is 598 g/mol. The van der Waals surface area contributed by atoms with Gasteiger partial charge in [0.1, 0.15) is 5.04 Å². The zero-order chi connectivity index (χ0) is 28.2. The Balaban J connectivity index is 1.47. The summed E-state index contributed by atoms with van der Waals surface area (Å²) in [5.41, 5.74) is 0.844. The highest BCUT2D eigenvalue weighted by atomic mass is 32.2. The molecule has 2 N–H and O–H groups in total. The molecule has 7 nitrogen and oxygen atoms in total. The number of carboxylic acid groups (broad SMARTS) is 1. The minimum absolute atomic E-state index is 0.0724. The molecule has 0 saturated heterocycles. The van der Waals surface area contributed by atoms with Gasteiger partial charge in [-0.1, -0.05) is 54.2 Å². The van der Waals surface area contributed by atoms with E-state index in [4.69, 9.17) is 5.11 Å². The maximum Gasteiger partial charge on any atom is 0.416 e. The predicted molar refractivity (Wildman–Crippen MR) is 153 cm³/mol. The minimum atomic E-state index is -4.54. The lowest BCUT2D eigenvalue weighted by Crippen LogP contribution is -2.28. The van der Waals surface area contributed by atoms with Crippen LogP contribution in [0.2, 0.25) is 0 Å². The summed E-state index contributed by atoms with van der Waals surface area (Å²) in [6.45, 7) is 0.619. The molecule has 0 fully saturated rings. The zero-order valence-electron chi connectivity index (χ0n) is 20.8. The van der Waals surface area contributed by atoms with Crippen molar-refractivity contribution in [1.29, 1.82) is 0 Å². The molecule has 1 atom stereocenters. The fraction of sp³-hybridized carbons (Fsp3) is 0.308. The Morgan fingerprint density at radius 2 is 2.03 bits per heavy atom. The summed E-state index contributed by atoms with van der Waals surface area (Å²) in [5, 5.41) is 10.6. The molecule has 0 saturated carbocycles. The second-order valence-electron chi connectivity index (χ2n) is 8.78. The normalized spacial score (nSPS) is 16.2. The Labute approximate surface area is 232 Å². The number of rotatable bonds is 11. The number of nitrogens with one attached hydrogen (secondary N) is 1. The molecule has 1 aliphatic heterocycles. The lowest BCUT2D eigenvalue weighted by Gasteiger charge is -2.19. The third kappa shape index (κ3) is 7.20. The van der Waals surface area contributed by atoms with Crippen molar-refractivity contribution < 1.29 is 31.5 Å². The Morgan fingerprint density at radius 1 is 1.26 bits per heavy atom. The highest BCUT2D eigenvalue weighted by Gasteiger charge is 2.32. The minimum Gasteiger partial charge on any atom is -0.481 e. The molecule has 3 aromatic rings. The summed E-state index contributed by atoms with van der Waals surface area (Å²) in [6.07, 6.45) is -1.33. The van der Waals surface area contributed by atoms with Crippen molar-refractivity contribution in [2.75, 3.05) is 35.2 Å². The van der Waals surface area contributed by atoms with Crippen molar-refractivity contribution >= 4 is 67.2 Å². The van der Waals surface area contributed by atoms with E-state index in [1.165, 1.54) is 49.2 Å². The molecule has 0 amide bonds. The number of aromatic nitrogens is 1. The van der Waals surface area contributed by atoms with Crippen LogP contribution in [-0.4, -0.2) is 65.6 Å². The van der Waals surface area contributed by atoms with E-state index >= 15 is 0 Å². The number of H-pyrrole nitrogens is 1. The van der Waals surface area contributed by atoms with Crippen molar-refractivity contribution in [3.63, 3.8) is 0 Å². The molecule has 1 unspecified atom stereocenters. The maximum atomic E-state index is 13.2. The number of aliphatic imine (C=N–C) groups is 1. The number of aliphatic carboxylic acids is 1. The van der Waals surface area contributed by atoms with E-state index in [1.807, 2.05) is 12.1 Å². The van der Waals surface area contributed by atoms with E-state index < -0.39 is 33.5 Å². The predicted octanol–water partition coefficient (Wildman–Crippen LogP) is 5.74. The lowest BCUT2D eigenvalue weighted by atomic mass is 10.1. The van der Waals surface area contributed by atoms with Crippen LogP contribution in [0.4, 0.5) is 18.9 Å². The highest BCUT2D eigenvalue weighted by molar-refractivity contribution is 8.15. The first kappa shape index (κ1) is 29.1. The number of para-hydroxylation sites is 1. The molecule has 1 aromatic heterocycles. The fourth-order valence-corrected chi connectivity index (χ4v) is 7.09. The summed E-state index contributed by atoms with van der Waals surface area (Å²) < 4.78 is 67.0. The number of carbonyl (C=O) groups is 1. The third-order valence-corrected chi connectivity index (χ3v) is 9.93. The van der Waals surface area contributed by atoms with Gasteiger partial charge in [-0.15, -0.1) is 0 Å². The molecular formula is C26H26F3N3O4S3. The van der Waals surface area contributed by atoms with Crippen LogP contribution in [0.1, 0.15) is 23.2 Å². The number of carboxylic acids is 1. The first-order valence-electron chi connectivity index (χ1n) is 11.9. The molecule has 0 spiro atoms. The number of sulfonamides is 1. The van der Waals surface area contributed by atoms with Crippen LogP contribution in [0, 0.1) is 0 Å². The topological polar surface area (TPSA) is 103 Å². The number of hydrogen-bond donors (Lipinski definition) is 2. The number of nitrogens with zero attached hydrogens (tertiary/aromatic N) is 2. The van der Waals surface area contributed by atoms with Crippen LogP contribution < -0.4 is 4.31 Å². The SMILES string of the molecule is CN(c1cccc2cc(C3=NCC(CCSCC(=O)O)S3)[nH]c12)S(=O)(=O)CC=Cc1ccccc1C(F)(F)F. The Hall–Kier alpha value is -2.90. The molecule has 0 aliphatic carbocycles. The monoisotopic (exact) mass is 597 g/mol. The van der Waals surface area contributed by atoms with Gasteiger partial charge in [0.2, 0.25) is 10.0 Å². The second kappa shape index (κ2) is 12.1. The molecule has 39 heavy (non-hydrogen) atoms. The number of fused-ring (bicyclic) bond motifs is 1. The Morgan fingerprint density at radius 3 is 2.77 bits per heavy atom. The number of benzene rings is 2. The van der Waals surface area contributed by atoms with E-state index in [2.05, 4.69) is 9.98 Å². The standard InChI is InChI=1S/C26H26F3N3O4S3/c1-32(39(35,36)13-5-8-17-6-2-3-9-20(17)26(27,28)29)22-10-4-7-18-14-21(31-24(18)22)25-30-15-19(38-25)11-12-37-16-23(33)34/h2-10,14,19,31H,11-13,15-16H2,1H3,(H,33,34). The van der Waals surface area contributed by atoms with E-state index in [0.29, 0.717) is 17.7 Å². The van der Waals surface area contributed by atoms with Gasteiger partial charge in [0.05, 0.1) is 40.5 Å². The van der Waals surface area contributed by atoms with Crippen LogP contribution >= 0.6 is 23.5 Å². The van der Waals surface area contributed by atoms with E-state index in [1.54, 1.807) is 23.9 Å². The zero-order valence-corrected chi connectivity index (χ0v) is 23.3. The van der Waals surface area contributed by atoms with Crippen LogP contribution in [-0.2, 0) is 21.0 Å². The first-order chi connectivity index (χ1) is 18.5. The van der Waals surface area contributed by atoms with Gasteiger partial charge in [-0.3, -0.25) is 14.1 Å². The fourth-order valence-electron chi connectivity index (χ4n) is 4.07. The molecule has 0 bridgehead atoms. The smallest absolute Gasteiger partial charge is 0.416 e. The van der Waals surface area contributed by atoms with Gasteiger partial charge >= 0.3 is 12.1 Å². The van der Waals surface area contributed by atoms with Gasteiger partial charge in [-0.2, -0.15) is 24.9 Å². The highest BCUT2D eigenvalue weighted by Crippen LogP contribution is 2.34. The average Bonchev–Trinajstić information content (AvgIpc) is 3.52. The number of hydrogen-bond acceptors (Lipinski definition) is 6. The van der Waals surface area contributed by atoms with Crippen LogP contribution in [0.5, 0.6) is 0 Å². The number of halogens is 3. The van der Waals surface area contributed by atoms with Gasteiger partial charge < -0.3 is 10.1 Å². The first-order valence-corrected chi connectivity index (χ1v) is 15.5. The number of alkyl halides is 3.